The molecule has 0 spiro atoms. The van der Waals surface area contributed by atoms with E-state index in [0.717, 1.165) is 70.6 Å². The van der Waals surface area contributed by atoms with E-state index in [-0.39, 0.29) is 19.2 Å². The Kier molecular flexibility index (Phi) is 38.9. The number of carbonyl (C=O) groups is 1. The third-order valence-corrected chi connectivity index (χ3v) is 10.6. The molecular weight excluding hydrogens is 757 g/mol. The number of hydrogen-bond acceptors (Lipinski definition) is 9. The number of rotatable bonds is 40. The summed E-state index contributed by atoms with van der Waals surface area (Å²) in [5.74, 6) is -0.333. The molecule has 1 aliphatic heterocycles. The molecule has 6 atom stereocenters. The second-order valence-electron chi connectivity index (χ2n) is 16.2. The van der Waals surface area contributed by atoms with Crippen LogP contribution in [-0.4, -0.2) is 89.6 Å². The monoisotopic (exact) mass is 845 g/mol. The van der Waals surface area contributed by atoms with Crippen molar-refractivity contribution in [2.45, 2.75) is 218 Å². The number of hydrogen-bond donors (Lipinski definition) is 4. The third kappa shape index (κ3) is 32.4. The molecule has 4 N–H and O–H groups in total. The molecule has 9 nitrogen and oxygen atoms in total. The lowest BCUT2D eigenvalue weighted by atomic mass is 9.99. The first-order valence-corrected chi connectivity index (χ1v) is 24.0. The van der Waals surface area contributed by atoms with E-state index in [1.165, 1.54) is 89.9 Å². The Labute approximate surface area is 366 Å². The maximum Gasteiger partial charge on any atom is 0.306 e. The molecule has 6 unspecified atom stereocenters. The van der Waals surface area contributed by atoms with Crippen LogP contribution in [0, 0.1) is 0 Å². The summed E-state index contributed by atoms with van der Waals surface area (Å²) in [5.41, 5.74) is 0. The lowest BCUT2D eigenvalue weighted by Crippen LogP contribution is -2.59. The van der Waals surface area contributed by atoms with Gasteiger partial charge in [-0.2, -0.15) is 0 Å². The van der Waals surface area contributed by atoms with Crippen LogP contribution in [0.1, 0.15) is 181 Å². The van der Waals surface area contributed by atoms with Crippen LogP contribution in [-0.2, 0) is 23.7 Å². The number of esters is 1. The van der Waals surface area contributed by atoms with Gasteiger partial charge in [-0.1, -0.05) is 189 Å². The summed E-state index contributed by atoms with van der Waals surface area (Å²) in [6.45, 7) is 4.30. The molecule has 1 heterocycles. The molecule has 0 aromatic heterocycles. The van der Waals surface area contributed by atoms with Crippen LogP contribution in [0.5, 0.6) is 0 Å². The second-order valence-corrected chi connectivity index (χ2v) is 16.2. The molecule has 60 heavy (non-hydrogen) atoms. The topological polar surface area (TPSA) is 135 Å². The summed E-state index contributed by atoms with van der Waals surface area (Å²) in [7, 11) is 0. The number of ether oxygens (including phenoxy) is 4. The van der Waals surface area contributed by atoms with Crippen LogP contribution >= 0.6 is 0 Å². The largest absolute Gasteiger partial charge is 0.457 e. The zero-order chi connectivity index (χ0) is 43.6. The van der Waals surface area contributed by atoms with Gasteiger partial charge < -0.3 is 39.4 Å². The highest BCUT2D eigenvalue weighted by molar-refractivity contribution is 5.69. The number of carbonyl (C=O) groups excluding carboxylic acids is 1. The number of unbranched alkanes of at least 4 members (excludes halogenated alkanes) is 17. The van der Waals surface area contributed by atoms with Crippen LogP contribution in [0.2, 0.25) is 0 Å². The van der Waals surface area contributed by atoms with Crippen molar-refractivity contribution in [2.24, 2.45) is 0 Å². The zero-order valence-electron chi connectivity index (χ0n) is 37.9. The first kappa shape index (κ1) is 55.6. The number of aliphatic hydroxyl groups is 4. The molecule has 0 aromatic carbocycles. The van der Waals surface area contributed by atoms with E-state index in [1.807, 2.05) is 0 Å². The summed E-state index contributed by atoms with van der Waals surface area (Å²) in [4.78, 5) is 12.8. The minimum absolute atomic E-state index is 0.103. The summed E-state index contributed by atoms with van der Waals surface area (Å²) in [5, 5.41) is 40.2. The molecule has 0 saturated carbocycles. The Hall–Kier alpha value is -2.37. The van der Waals surface area contributed by atoms with Gasteiger partial charge in [0.25, 0.3) is 0 Å². The molecular formula is C51H88O9. The molecule has 1 fully saturated rings. The minimum atomic E-state index is -1.55. The van der Waals surface area contributed by atoms with Gasteiger partial charge in [0.1, 0.15) is 30.5 Å². The molecule has 0 aromatic rings. The molecule has 0 amide bonds. The molecule has 1 saturated heterocycles. The van der Waals surface area contributed by atoms with Gasteiger partial charge in [0.05, 0.1) is 19.8 Å². The van der Waals surface area contributed by atoms with Crippen molar-refractivity contribution in [3.05, 3.63) is 72.9 Å². The van der Waals surface area contributed by atoms with Crippen LogP contribution < -0.4 is 0 Å². The van der Waals surface area contributed by atoms with Crippen LogP contribution in [0.15, 0.2) is 72.9 Å². The van der Waals surface area contributed by atoms with Gasteiger partial charge in [-0.05, 0) is 57.8 Å². The van der Waals surface area contributed by atoms with Gasteiger partial charge in [0, 0.05) is 13.0 Å². The highest BCUT2D eigenvalue weighted by Gasteiger charge is 2.44. The Morgan fingerprint density at radius 2 is 1.00 bits per heavy atom. The van der Waals surface area contributed by atoms with Crippen molar-refractivity contribution in [1.29, 1.82) is 0 Å². The normalized spacial score (nSPS) is 20.7. The molecule has 346 valence electrons. The van der Waals surface area contributed by atoms with Gasteiger partial charge in [-0.3, -0.25) is 4.79 Å². The predicted molar refractivity (Wildman–Crippen MR) is 247 cm³/mol. The molecule has 1 aliphatic rings. The summed E-state index contributed by atoms with van der Waals surface area (Å²) < 4.78 is 22.8. The highest BCUT2D eigenvalue weighted by Crippen LogP contribution is 2.22. The van der Waals surface area contributed by atoms with Crippen molar-refractivity contribution >= 4 is 5.97 Å². The minimum Gasteiger partial charge on any atom is -0.457 e. The van der Waals surface area contributed by atoms with Crippen molar-refractivity contribution in [2.75, 3.05) is 26.4 Å². The maximum atomic E-state index is 12.8. The molecule has 0 radical (unpaired) electrons. The van der Waals surface area contributed by atoms with Crippen LogP contribution in [0.3, 0.4) is 0 Å². The predicted octanol–water partition coefficient (Wildman–Crippen LogP) is 11.3. The van der Waals surface area contributed by atoms with E-state index >= 15 is 0 Å². The smallest absolute Gasteiger partial charge is 0.306 e. The number of aliphatic hydroxyl groups excluding tert-OH is 4. The average Bonchev–Trinajstić information content (AvgIpc) is 3.25. The number of allylic oxidation sites excluding steroid dienone is 12. The fraction of sp³-hybridized carbons (Fsp3) is 0.745. The van der Waals surface area contributed by atoms with Crippen molar-refractivity contribution in [3.63, 3.8) is 0 Å². The standard InChI is InChI=1S/C51H88O9/c1-3-5-7-9-11-13-15-17-19-21-22-23-25-27-29-31-33-35-37-39-41-57-43-45(44-58-51-50(56)49(55)48(54)46(42-52)60-51)59-47(53)40-38-36-34-32-30-28-26-24-20-18-16-14-12-10-8-6-4-2/h5,7,11,13,17,19,22-23,27,29,33,35,45-46,48-52,54-56H,3-4,6,8-10,12,14-16,18,20-21,24-26,28,30-32,34,36-44H2,1-2H3/b7-5-,13-11-,19-17-,23-22-,29-27-,35-33-. The SMILES string of the molecule is CC/C=C\C/C=C\C/C=C\C/C=C\C/C=C\C/C=C\CCCOCC(COC1OC(CO)C(O)C(O)C1O)OC(=O)CCCCCCCCCCCCCCCCCCC. The third-order valence-electron chi connectivity index (χ3n) is 10.6. The summed E-state index contributed by atoms with van der Waals surface area (Å²) >= 11 is 0. The molecule has 9 heteroatoms. The van der Waals surface area contributed by atoms with E-state index in [2.05, 4.69) is 86.8 Å². The van der Waals surface area contributed by atoms with Crippen molar-refractivity contribution < 1.29 is 44.2 Å². The van der Waals surface area contributed by atoms with Gasteiger partial charge in [0.15, 0.2) is 6.29 Å². The molecule has 0 aliphatic carbocycles. The molecule has 1 rings (SSSR count). The fourth-order valence-electron chi connectivity index (χ4n) is 6.92. The van der Waals surface area contributed by atoms with E-state index in [0.29, 0.717) is 13.0 Å². The van der Waals surface area contributed by atoms with Crippen LogP contribution in [0.25, 0.3) is 0 Å². The first-order chi connectivity index (χ1) is 29.4. The highest BCUT2D eigenvalue weighted by atomic mass is 16.7. The molecule has 0 bridgehead atoms. The van der Waals surface area contributed by atoms with Gasteiger partial charge in [-0.15, -0.1) is 0 Å². The fourth-order valence-corrected chi connectivity index (χ4v) is 6.92. The summed E-state index contributed by atoms with van der Waals surface area (Å²) in [6.07, 6.45) is 48.0. The van der Waals surface area contributed by atoms with E-state index in [9.17, 15) is 25.2 Å². The Balaban J connectivity index is 2.29. The van der Waals surface area contributed by atoms with Crippen molar-refractivity contribution in [3.8, 4) is 0 Å². The Morgan fingerprint density at radius 3 is 1.47 bits per heavy atom. The van der Waals surface area contributed by atoms with E-state index in [1.54, 1.807) is 0 Å². The quantitative estimate of drug-likeness (QED) is 0.0270. The average molecular weight is 845 g/mol. The lowest BCUT2D eigenvalue weighted by molar-refractivity contribution is -0.305. The van der Waals surface area contributed by atoms with Crippen LogP contribution in [0.4, 0.5) is 0 Å². The van der Waals surface area contributed by atoms with Gasteiger partial charge in [-0.25, -0.2) is 0 Å². The van der Waals surface area contributed by atoms with E-state index in [4.69, 9.17) is 18.9 Å². The lowest BCUT2D eigenvalue weighted by Gasteiger charge is -2.39. The second kappa shape index (κ2) is 42.0. The van der Waals surface area contributed by atoms with Gasteiger partial charge >= 0.3 is 5.97 Å². The van der Waals surface area contributed by atoms with E-state index < -0.39 is 43.4 Å². The zero-order valence-corrected chi connectivity index (χ0v) is 37.9. The Bertz CT molecular complexity index is 1140. The first-order valence-electron chi connectivity index (χ1n) is 24.0. The van der Waals surface area contributed by atoms with Gasteiger partial charge in [0.2, 0.25) is 0 Å². The summed E-state index contributed by atoms with van der Waals surface area (Å²) in [6, 6.07) is 0. The Morgan fingerprint density at radius 1 is 0.550 bits per heavy atom. The van der Waals surface area contributed by atoms with Crippen molar-refractivity contribution in [1.82, 2.24) is 0 Å². The maximum absolute atomic E-state index is 12.8.